The number of hydrogen-bond acceptors (Lipinski definition) is 4. The summed E-state index contributed by atoms with van der Waals surface area (Å²) in [5, 5.41) is 11.1. The molecule has 5 rings (SSSR count). The lowest BCUT2D eigenvalue weighted by molar-refractivity contribution is 0.0809. The van der Waals surface area contributed by atoms with E-state index in [-0.39, 0.29) is 17.1 Å². The van der Waals surface area contributed by atoms with Crippen LogP contribution in [0.5, 0.6) is 5.88 Å². The standard InChI is InChI=1S/C26H23N3O2/c1-26(2)16-15-20-19(23(26)30)13-14-21(27-20)24-28-22(17-9-5-3-6-10-17)25(31)29(24)18-11-7-4-8-12-18/h3-14,31H,15-16H2,1-2H3. The molecule has 2 aromatic heterocycles. The maximum absolute atomic E-state index is 12.8. The van der Waals surface area contributed by atoms with E-state index in [0.29, 0.717) is 22.8 Å². The van der Waals surface area contributed by atoms with Crippen LogP contribution in [-0.2, 0) is 6.42 Å². The molecule has 0 atom stereocenters. The highest BCUT2D eigenvalue weighted by molar-refractivity contribution is 6.02. The first-order valence-electron chi connectivity index (χ1n) is 10.4. The molecule has 1 aliphatic rings. The zero-order chi connectivity index (χ0) is 21.6. The summed E-state index contributed by atoms with van der Waals surface area (Å²) >= 11 is 0. The first-order valence-corrected chi connectivity index (χ1v) is 10.4. The van der Waals surface area contributed by atoms with Crippen molar-refractivity contribution in [1.29, 1.82) is 0 Å². The van der Waals surface area contributed by atoms with Crippen molar-refractivity contribution in [3.05, 3.63) is 84.1 Å². The van der Waals surface area contributed by atoms with Crippen LogP contribution in [0.2, 0.25) is 0 Å². The first kappa shape index (κ1) is 19.2. The monoisotopic (exact) mass is 409 g/mol. The summed E-state index contributed by atoms with van der Waals surface area (Å²) in [6, 6.07) is 22.9. The Morgan fingerprint density at radius 3 is 2.29 bits per heavy atom. The Morgan fingerprint density at radius 1 is 0.903 bits per heavy atom. The number of nitrogens with zero attached hydrogens (tertiary/aromatic N) is 3. The van der Waals surface area contributed by atoms with Crippen molar-refractivity contribution in [1.82, 2.24) is 14.5 Å². The third-order valence-corrected chi connectivity index (χ3v) is 5.96. The van der Waals surface area contributed by atoms with E-state index in [9.17, 15) is 9.90 Å². The number of imidazole rings is 1. The molecule has 0 amide bonds. The van der Waals surface area contributed by atoms with E-state index >= 15 is 0 Å². The normalized spacial score (nSPS) is 15.0. The largest absolute Gasteiger partial charge is 0.493 e. The maximum Gasteiger partial charge on any atom is 0.224 e. The van der Waals surface area contributed by atoms with Crippen LogP contribution in [0.25, 0.3) is 28.5 Å². The number of pyridine rings is 1. The minimum Gasteiger partial charge on any atom is -0.493 e. The van der Waals surface area contributed by atoms with Crippen LogP contribution >= 0.6 is 0 Å². The fourth-order valence-electron chi connectivity index (χ4n) is 4.13. The minimum atomic E-state index is -0.364. The van der Waals surface area contributed by atoms with Gasteiger partial charge in [0, 0.05) is 16.5 Å². The molecule has 2 aromatic carbocycles. The zero-order valence-electron chi connectivity index (χ0n) is 17.5. The van der Waals surface area contributed by atoms with E-state index < -0.39 is 0 Å². The Bertz CT molecular complexity index is 1280. The van der Waals surface area contributed by atoms with Crippen molar-refractivity contribution in [3.63, 3.8) is 0 Å². The van der Waals surface area contributed by atoms with Crippen LogP contribution < -0.4 is 0 Å². The Morgan fingerprint density at radius 2 is 1.58 bits per heavy atom. The highest BCUT2D eigenvalue weighted by Gasteiger charge is 2.35. The summed E-state index contributed by atoms with van der Waals surface area (Å²) in [5.74, 6) is 0.735. The van der Waals surface area contributed by atoms with Gasteiger partial charge in [-0.3, -0.25) is 9.36 Å². The first-order chi connectivity index (χ1) is 15.0. The van der Waals surface area contributed by atoms with E-state index in [1.54, 1.807) is 4.57 Å². The summed E-state index contributed by atoms with van der Waals surface area (Å²) in [6.07, 6.45) is 1.51. The van der Waals surface area contributed by atoms with Gasteiger partial charge in [0.05, 0.1) is 11.4 Å². The second-order valence-corrected chi connectivity index (χ2v) is 8.55. The molecule has 0 fully saturated rings. The van der Waals surface area contributed by atoms with Crippen molar-refractivity contribution in [3.8, 4) is 34.3 Å². The molecule has 0 bridgehead atoms. The van der Waals surface area contributed by atoms with Crippen LogP contribution in [0.3, 0.4) is 0 Å². The molecular weight excluding hydrogens is 386 g/mol. The third-order valence-electron chi connectivity index (χ3n) is 5.96. The van der Waals surface area contributed by atoms with Crippen molar-refractivity contribution in [2.75, 3.05) is 0 Å². The molecule has 2 heterocycles. The molecule has 0 saturated carbocycles. The fourth-order valence-corrected chi connectivity index (χ4v) is 4.13. The number of benzene rings is 2. The second-order valence-electron chi connectivity index (χ2n) is 8.55. The van der Waals surface area contributed by atoms with Gasteiger partial charge in [-0.05, 0) is 37.1 Å². The SMILES string of the molecule is CC1(C)CCc2nc(-c3nc(-c4ccccc4)c(O)n3-c3ccccc3)ccc2C1=O. The molecule has 0 saturated heterocycles. The minimum absolute atomic E-state index is 0.0594. The Hall–Kier alpha value is -3.73. The lowest BCUT2D eigenvalue weighted by Gasteiger charge is -2.29. The third kappa shape index (κ3) is 3.22. The molecule has 31 heavy (non-hydrogen) atoms. The average molecular weight is 409 g/mol. The van der Waals surface area contributed by atoms with E-state index in [2.05, 4.69) is 0 Å². The van der Waals surface area contributed by atoms with Gasteiger partial charge in [0.15, 0.2) is 11.6 Å². The smallest absolute Gasteiger partial charge is 0.224 e. The van der Waals surface area contributed by atoms with Gasteiger partial charge in [0.1, 0.15) is 11.4 Å². The molecule has 4 aromatic rings. The van der Waals surface area contributed by atoms with E-state index in [0.717, 1.165) is 29.8 Å². The van der Waals surface area contributed by atoms with Crippen molar-refractivity contribution >= 4 is 5.78 Å². The number of aryl methyl sites for hydroxylation is 1. The predicted octanol–water partition coefficient (Wildman–Crippen LogP) is 5.46. The maximum atomic E-state index is 12.8. The Kier molecular flexibility index (Phi) is 4.47. The second kappa shape index (κ2) is 7.20. The molecule has 5 nitrogen and oxygen atoms in total. The van der Waals surface area contributed by atoms with E-state index in [1.807, 2.05) is 86.6 Å². The molecular formula is C26H23N3O2. The molecule has 0 unspecified atom stereocenters. The number of aromatic nitrogens is 3. The summed E-state index contributed by atoms with van der Waals surface area (Å²) < 4.78 is 1.71. The number of aromatic hydroxyl groups is 1. The molecule has 154 valence electrons. The average Bonchev–Trinajstić information content (AvgIpc) is 3.14. The number of para-hydroxylation sites is 1. The molecule has 1 N–H and O–H groups in total. The van der Waals surface area contributed by atoms with Gasteiger partial charge < -0.3 is 5.11 Å². The predicted molar refractivity (Wildman–Crippen MR) is 120 cm³/mol. The van der Waals surface area contributed by atoms with Gasteiger partial charge in [0.25, 0.3) is 0 Å². The highest BCUT2D eigenvalue weighted by atomic mass is 16.3. The number of ketones is 1. The zero-order valence-corrected chi connectivity index (χ0v) is 17.5. The van der Waals surface area contributed by atoms with E-state index in [1.165, 1.54) is 0 Å². The number of rotatable bonds is 3. The van der Waals surface area contributed by atoms with E-state index in [4.69, 9.17) is 9.97 Å². The van der Waals surface area contributed by atoms with Gasteiger partial charge >= 0.3 is 0 Å². The van der Waals surface area contributed by atoms with Gasteiger partial charge in [-0.25, -0.2) is 9.97 Å². The number of hydrogen-bond donors (Lipinski definition) is 1. The quantitative estimate of drug-likeness (QED) is 0.488. The van der Waals surface area contributed by atoms with Crippen LogP contribution in [0.4, 0.5) is 0 Å². The van der Waals surface area contributed by atoms with Crippen molar-refractivity contribution in [2.45, 2.75) is 26.7 Å². The molecule has 1 aliphatic carbocycles. The number of fused-ring (bicyclic) bond motifs is 1. The fraction of sp³-hybridized carbons (Fsp3) is 0.192. The lowest BCUT2D eigenvalue weighted by atomic mass is 9.75. The summed E-state index contributed by atoms with van der Waals surface area (Å²) in [4.78, 5) is 22.4. The Labute approximate surface area is 181 Å². The summed E-state index contributed by atoms with van der Waals surface area (Å²) in [5.41, 5.74) is 3.86. The van der Waals surface area contributed by atoms with Gasteiger partial charge in [-0.1, -0.05) is 62.4 Å². The number of carbonyl (C=O) groups excluding carboxylic acids is 1. The van der Waals surface area contributed by atoms with Gasteiger partial charge in [0.2, 0.25) is 5.88 Å². The molecule has 0 aliphatic heterocycles. The highest BCUT2D eigenvalue weighted by Crippen LogP contribution is 2.38. The van der Waals surface area contributed by atoms with Crippen LogP contribution in [0.15, 0.2) is 72.8 Å². The summed E-state index contributed by atoms with van der Waals surface area (Å²) in [7, 11) is 0. The van der Waals surface area contributed by atoms with Crippen molar-refractivity contribution in [2.24, 2.45) is 5.41 Å². The van der Waals surface area contributed by atoms with Crippen LogP contribution in [0.1, 0.15) is 36.3 Å². The van der Waals surface area contributed by atoms with Crippen molar-refractivity contribution < 1.29 is 9.90 Å². The lowest BCUT2D eigenvalue weighted by Crippen LogP contribution is -2.31. The summed E-state index contributed by atoms with van der Waals surface area (Å²) in [6.45, 7) is 3.97. The van der Waals surface area contributed by atoms with Gasteiger partial charge in [-0.2, -0.15) is 0 Å². The van der Waals surface area contributed by atoms with Crippen LogP contribution in [-0.4, -0.2) is 25.4 Å². The Balaban J connectivity index is 1.70. The number of Topliss-reactive ketones (excluding diaryl/α,β-unsaturated/α-hetero) is 1. The molecule has 0 spiro atoms. The topological polar surface area (TPSA) is 68.0 Å². The molecule has 5 heteroatoms. The molecule has 0 radical (unpaired) electrons. The number of carbonyl (C=O) groups is 1. The van der Waals surface area contributed by atoms with Crippen LogP contribution in [0, 0.1) is 5.41 Å². The van der Waals surface area contributed by atoms with Gasteiger partial charge in [-0.15, -0.1) is 0 Å².